The molecule has 0 saturated carbocycles. The maximum absolute atomic E-state index is 12.0. The SMILES string of the molecule is CCC(C)[C@H](NS(=O)(=O)C(F)(F)F)C(=O)O. The van der Waals surface area contributed by atoms with Crippen LogP contribution in [0.3, 0.4) is 0 Å². The molecule has 0 heterocycles. The van der Waals surface area contributed by atoms with Gasteiger partial charge >= 0.3 is 21.5 Å². The molecule has 1 unspecified atom stereocenters. The second-order valence-electron chi connectivity index (χ2n) is 3.27. The Kier molecular flexibility index (Phi) is 4.74. The molecule has 9 heteroatoms. The van der Waals surface area contributed by atoms with Gasteiger partial charge in [-0.3, -0.25) is 4.79 Å². The minimum atomic E-state index is -5.63. The Morgan fingerprint density at radius 3 is 2.12 bits per heavy atom. The van der Waals surface area contributed by atoms with Gasteiger partial charge in [-0.1, -0.05) is 20.3 Å². The average molecular weight is 263 g/mol. The van der Waals surface area contributed by atoms with E-state index in [1.807, 2.05) is 0 Å². The van der Waals surface area contributed by atoms with Crippen molar-refractivity contribution in [3.63, 3.8) is 0 Å². The normalized spacial score (nSPS) is 16.8. The molecular formula is C7H12F3NO4S. The largest absolute Gasteiger partial charge is 0.511 e. The van der Waals surface area contributed by atoms with Gasteiger partial charge in [0.2, 0.25) is 0 Å². The van der Waals surface area contributed by atoms with E-state index in [0.29, 0.717) is 0 Å². The first kappa shape index (κ1) is 15.2. The zero-order chi connectivity index (χ0) is 13.1. The Bertz CT molecular complexity index is 351. The highest BCUT2D eigenvalue weighted by molar-refractivity contribution is 7.90. The van der Waals surface area contributed by atoms with Gasteiger partial charge in [0.15, 0.2) is 0 Å². The molecule has 0 aliphatic carbocycles. The molecule has 0 fully saturated rings. The first-order chi connectivity index (χ1) is 7.03. The number of nitrogens with one attached hydrogen (secondary N) is 1. The van der Waals surface area contributed by atoms with Gasteiger partial charge in [0.05, 0.1) is 0 Å². The Labute approximate surface area is 90.7 Å². The van der Waals surface area contributed by atoms with Crippen LogP contribution in [0.4, 0.5) is 13.2 Å². The fourth-order valence-electron chi connectivity index (χ4n) is 0.880. The van der Waals surface area contributed by atoms with E-state index < -0.39 is 33.5 Å². The molecule has 2 atom stereocenters. The van der Waals surface area contributed by atoms with Gasteiger partial charge < -0.3 is 5.11 Å². The van der Waals surface area contributed by atoms with Crippen molar-refractivity contribution in [2.24, 2.45) is 5.92 Å². The molecule has 0 aliphatic rings. The van der Waals surface area contributed by atoms with E-state index in [9.17, 15) is 26.4 Å². The fourth-order valence-corrected chi connectivity index (χ4v) is 1.68. The highest BCUT2D eigenvalue weighted by Crippen LogP contribution is 2.23. The van der Waals surface area contributed by atoms with Gasteiger partial charge in [0.25, 0.3) is 0 Å². The lowest BCUT2D eigenvalue weighted by molar-refractivity contribution is -0.140. The lowest BCUT2D eigenvalue weighted by Gasteiger charge is -2.20. The van der Waals surface area contributed by atoms with Crippen molar-refractivity contribution < 1.29 is 31.5 Å². The van der Waals surface area contributed by atoms with Crippen LogP contribution in [0.1, 0.15) is 20.3 Å². The number of carboxylic acid groups (broad SMARTS) is 1. The van der Waals surface area contributed by atoms with Gasteiger partial charge in [-0.25, -0.2) is 8.42 Å². The van der Waals surface area contributed by atoms with Crippen molar-refractivity contribution in [1.82, 2.24) is 4.72 Å². The van der Waals surface area contributed by atoms with E-state index in [2.05, 4.69) is 0 Å². The molecule has 16 heavy (non-hydrogen) atoms. The number of hydrogen-bond donors (Lipinski definition) is 2. The molecule has 2 N–H and O–H groups in total. The van der Waals surface area contributed by atoms with Crippen LogP contribution in [0.15, 0.2) is 0 Å². The summed E-state index contributed by atoms with van der Waals surface area (Å²) in [7, 11) is -5.63. The Morgan fingerprint density at radius 1 is 1.44 bits per heavy atom. The smallest absolute Gasteiger partial charge is 0.480 e. The van der Waals surface area contributed by atoms with E-state index in [1.54, 1.807) is 6.92 Å². The van der Waals surface area contributed by atoms with Crippen LogP contribution in [0.2, 0.25) is 0 Å². The summed E-state index contributed by atoms with van der Waals surface area (Å²) in [5, 5.41) is 8.61. The molecule has 0 aromatic carbocycles. The zero-order valence-corrected chi connectivity index (χ0v) is 9.39. The maximum Gasteiger partial charge on any atom is 0.511 e. The van der Waals surface area contributed by atoms with Crippen molar-refractivity contribution in [3.05, 3.63) is 0 Å². The molecular weight excluding hydrogens is 251 g/mol. The third-order valence-electron chi connectivity index (χ3n) is 2.07. The predicted molar refractivity (Wildman–Crippen MR) is 49.0 cm³/mol. The summed E-state index contributed by atoms with van der Waals surface area (Å²) >= 11 is 0. The van der Waals surface area contributed by atoms with Crippen LogP contribution in [-0.4, -0.2) is 31.0 Å². The lowest BCUT2D eigenvalue weighted by atomic mass is 10.0. The molecule has 0 spiro atoms. The number of carbonyl (C=O) groups is 1. The van der Waals surface area contributed by atoms with Crippen molar-refractivity contribution in [1.29, 1.82) is 0 Å². The highest BCUT2D eigenvalue weighted by Gasteiger charge is 2.48. The third-order valence-corrected chi connectivity index (χ3v) is 3.24. The number of rotatable bonds is 5. The second-order valence-corrected chi connectivity index (χ2v) is 4.97. The summed E-state index contributed by atoms with van der Waals surface area (Å²) in [6.45, 7) is 2.89. The number of aliphatic carboxylic acids is 1. The third kappa shape index (κ3) is 3.63. The van der Waals surface area contributed by atoms with Crippen LogP contribution < -0.4 is 4.72 Å². The quantitative estimate of drug-likeness (QED) is 0.772. The van der Waals surface area contributed by atoms with E-state index in [1.165, 1.54) is 6.92 Å². The van der Waals surface area contributed by atoms with E-state index in [0.717, 1.165) is 4.72 Å². The molecule has 0 rings (SSSR count). The van der Waals surface area contributed by atoms with Crippen LogP contribution >= 0.6 is 0 Å². The van der Waals surface area contributed by atoms with E-state index >= 15 is 0 Å². The van der Waals surface area contributed by atoms with Crippen molar-refractivity contribution in [2.45, 2.75) is 31.8 Å². The highest BCUT2D eigenvalue weighted by atomic mass is 32.2. The van der Waals surface area contributed by atoms with Crippen LogP contribution in [0.5, 0.6) is 0 Å². The first-order valence-corrected chi connectivity index (χ1v) is 5.82. The Balaban J connectivity index is 4.99. The molecule has 0 amide bonds. The molecule has 0 aliphatic heterocycles. The van der Waals surface area contributed by atoms with Crippen molar-refractivity contribution in [3.8, 4) is 0 Å². The first-order valence-electron chi connectivity index (χ1n) is 4.34. The summed E-state index contributed by atoms with van der Waals surface area (Å²) in [4.78, 5) is 10.6. The topological polar surface area (TPSA) is 83.5 Å². The Morgan fingerprint density at radius 2 is 1.88 bits per heavy atom. The molecule has 0 bridgehead atoms. The number of sulfonamides is 1. The van der Waals surface area contributed by atoms with Crippen molar-refractivity contribution in [2.75, 3.05) is 0 Å². The number of halogens is 3. The van der Waals surface area contributed by atoms with Crippen LogP contribution in [0, 0.1) is 5.92 Å². The Hall–Kier alpha value is -0.830. The summed E-state index contributed by atoms with van der Waals surface area (Å²) in [6.07, 6.45) is 0.233. The van der Waals surface area contributed by atoms with Crippen molar-refractivity contribution >= 4 is 16.0 Å². The van der Waals surface area contributed by atoms with Gasteiger partial charge in [0.1, 0.15) is 6.04 Å². The van der Waals surface area contributed by atoms with E-state index in [4.69, 9.17) is 5.11 Å². The van der Waals surface area contributed by atoms with Gasteiger partial charge in [0, 0.05) is 0 Å². The standard InChI is InChI=1S/C7H12F3NO4S/c1-3-4(2)5(6(12)13)11-16(14,15)7(8,9)10/h4-5,11H,3H2,1-2H3,(H,12,13)/t4?,5-/m0/s1. The van der Waals surface area contributed by atoms with Crippen LogP contribution in [-0.2, 0) is 14.8 Å². The van der Waals surface area contributed by atoms with Gasteiger partial charge in [-0.05, 0) is 5.92 Å². The molecule has 96 valence electrons. The number of carboxylic acids is 1. The summed E-state index contributed by atoms with van der Waals surface area (Å²) in [5.74, 6) is -2.38. The second kappa shape index (κ2) is 5.00. The van der Waals surface area contributed by atoms with E-state index in [-0.39, 0.29) is 6.42 Å². The van der Waals surface area contributed by atoms with Gasteiger partial charge in [-0.15, -0.1) is 0 Å². The molecule has 5 nitrogen and oxygen atoms in total. The molecule has 0 aromatic heterocycles. The predicted octanol–water partition coefficient (Wildman–Crippen LogP) is 0.925. The zero-order valence-electron chi connectivity index (χ0n) is 8.58. The number of hydrogen-bond acceptors (Lipinski definition) is 3. The molecule has 0 saturated heterocycles. The molecule has 0 aromatic rings. The monoisotopic (exact) mass is 263 g/mol. The molecule has 0 radical (unpaired) electrons. The van der Waals surface area contributed by atoms with Crippen LogP contribution in [0.25, 0.3) is 0 Å². The number of alkyl halides is 3. The summed E-state index contributed by atoms with van der Waals surface area (Å²) < 4.78 is 58.5. The summed E-state index contributed by atoms with van der Waals surface area (Å²) in [5.41, 5.74) is -5.51. The lowest BCUT2D eigenvalue weighted by Crippen LogP contribution is -2.49. The fraction of sp³-hybridized carbons (Fsp3) is 0.857. The summed E-state index contributed by atoms with van der Waals surface area (Å²) in [6, 6.07) is -1.78. The maximum atomic E-state index is 12.0. The van der Waals surface area contributed by atoms with Gasteiger partial charge in [-0.2, -0.15) is 17.9 Å². The minimum absolute atomic E-state index is 0.233. The minimum Gasteiger partial charge on any atom is -0.480 e. The average Bonchev–Trinajstić information content (AvgIpc) is 2.10.